The summed E-state index contributed by atoms with van der Waals surface area (Å²) >= 11 is 3.58. The van der Waals surface area contributed by atoms with E-state index in [4.69, 9.17) is 4.74 Å². The topological polar surface area (TPSA) is 41.5 Å². The molecule has 0 aromatic heterocycles. The minimum Gasteiger partial charge on any atom is -0.497 e. The first-order valence-electron chi connectivity index (χ1n) is 7.27. The highest BCUT2D eigenvalue weighted by molar-refractivity contribution is 9.10. The predicted octanol–water partition coefficient (Wildman–Crippen LogP) is 3.49. The zero-order chi connectivity index (χ0) is 14.6. The minimum atomic E-state index is -0.125. The Morgan fingerprint density at radius 1 is 1.50 bits per heavy atom. The lowest BCUT2D eigenvalue weighted by atomic mass is 9.77. The van der Waals surface area contributed by atoms with Crippen molar-refractivity contribution in [2.45, 2.75) is 44.7 Å². The van der Waals surface area contributed by atoms with E-state index in [2.05, 4.69) is 28.2 Å². The fourth-order valence-corrected chi connectivity index (χ4v) is 3.50. The summed E-state index contributed by atoms with van der Waals surface area (Å²) in [4.78, 5) is 0. The van der Waals surface area contributed by atoms with Crippen LogP contribution in [0.5, 0.6) is 5.75 Å². The zero-order valence-electron chi connectivity index (χ0n) is 12.3. The van der Waals surface area contributed by atoms with E-state index in [0.29, 0.717) is 5.92 Å². The number of methoxy groups -OCH3 is 1. The van der Waals surface area contributed by atoms with Gasteiger partial charge >= 0.3 is 0 Å². The van der Waals surface area contributed by atoms with E-state index in [1.807, 2.05) is 18.2 Å². The molecule has 3 nitrogen and oxygen atoms in total. The lowest BCUT2D eigenvalue weighted by Gasteiger charge is -2.39. The largest absolute Gasteiger partial charge is 0.497 e. The van der Waals surface area contributed by atoms with E-state index in [9.17, 15) is 5.11 Å². The molecule has 2 rings (SSSR count). The van der Waals surface area contributed by atoms with Gasteiger partial charge in [0.1, 0.15) is 5.75 Å². The van der Waals surface area contributed by atoms with E-state index in [-0.39, 0.29) is 12.1 Å². The highest BCUT2D eigenvalue weighted by atomic mass is 79.9. The third-order valence-electron chi connectivity index (χ3n) is 4.30. The van der Waals surface area contributed by atoms with Gasteiger partial charge in [-0.15, -0.1) is 0 Å². The lowest BCUT2D eigenvalue weighted by molar-refractivity contribution is 0.0982. The summed E-state index contributed by atoms with van der Waals surface area (Å²) in [6.45, 7) is 3.22. The fraction of sp³-hybridized carbons (Fsp3) is 0.625. The van der Waals surface area contributed by atoms with Crippen molar-refractivity contribution < 1.29 is 9.84 Å². The van der Waals surface area contributed by atoms with Gasteiger partial charge in [0.2, 0.25) is 0 Å². The van der Waals surface area contributed by atoms with Gasteiger partial charge in [0.05, 0.1) is 13.7 Å². The van der Waals surface area contributed by atoms with E-state index in [1.165, 1.54) is 12.8 Å². The normalized spacial score (nSPS) is 26.5. The molecule has 0 amide bonds. The van der Waals surface area contributed by atoms with Gasteiger partial charge in [-0.3, -0.25) is 0 Å². The zero-order valence-corrected chi connectivity index (χ0v) is 13.9. The molecule has 2 unspecified atom stereocenters. The summed E-state index contributed by atoms with van der Waals surface area (Å²) in [6.07, 6.45) is 4.56. The Morgan fingerprint density at radius 2 is 2.30 bits per heavy atom. The summed E-state index contributed by atoms with van der Waals surface area (Å²) in [6, 6.07) is 5.98. The Balaban J connectivity index is 2.06. The number of rotatable bonds is 5. The van der Waals surface area contributed by atoms with E-state index in [0.717, 1.165) is 35.2 Å². The molecule has 0 spiro atoms. The van der Waals surface area contributed by atoms with Crippen molar-refractivity contribution in [2.75, 3.05) is 13.7 Å². The standard InChI is InChI=1S/C16H24BrNO2/c1-12-4-3-7-16(9-12,11-19)18-10-13-8-14(20-2)5-6-15(13)17/h5-6,8,12,18-19H,3-4,7,9-11H2,1-2H3. The molecule has 0 bridgehead atoms. The second kappa shape index (κ2) is 6.92. The molecular formula is C16H24BrNO2. The van der Waals surface area contributed by atoms with Crippen molar-refractivity contribution in [3.63, 3.8) is 0 Å². The van der Waals surface area contributed by atoms with Crippen LogP contribution >= 0.6 is 15.9 Å². The van der Waals surface area contributed by atoms with Gasteiger partial charge < -0.3 is 15.2 Å². The summed E-state index contributed by atoms with van der Waals surface area (Å²) in [5.74, 6) is 1.54. The van der Waals surface area contributed by atoms with Crippen LogP contribution in [0.2, 0.25) is 0 Å². The van der Waals surface area contributed by atoms with Crippen molar-refractivity contribution in [1.82, 2.24) is 5.32 Å². The molecule has 2 N–H and O–H groups in total. The molecule has 1 saturated carbocycles. The minimum absolute atomic E-state index is 0.125. The van der Waals surface area contributed by atoms with Crippen molar-refractivity contribution >= 4 is 15.9 Å². The van der Waals surface area contributed by atoms with Gasteiger partial charge in [-0.2, -0.15) is 0 Å². The average molecular weight is 342 g/mol. The first-order chi connectivity index (χ1) is 9.58. The first kappa shape index (κ1) is 15.8. The van der Waals surface area contributed by atoms with Crippen LogP contribution in [-0.2, 0) is 6.54 Å². The lowest BCUT2D eigenvalue weighted by Crippen LogP contribution is -2.51. The SMILES string of the molecule is COc1ccc(Br)c(CNC2(CO)CCCC(C)C2)c1. The third kappa shape index (κ3) is 3.74. The van der Waals surface area contributed by atoms with Gasteiger partial charge in [-0.25, -0.2) is 0 Å². The van der Waals surface area contributed by atoms with Crippen molar-refractivity contribution in [2.24, 2.45) is 5.92 Å². The number of ether oxygens (including phenoxy) is 1. The molecule has 0 saturated heterocycles. The van der Waals surface area contributed by atoms with Crippen LogP contribution in [0.15, 0.2) is 22.7 Å². The molecule has 2 atom stereocenters. The number of aliphatic hydroxyl groups excluding tert-OH is 1. The van der Waals surface area contributed by atoms with Crippen LogP contribution < -0.4 is 10.1 Å². The summed E-state index contributed by atoms with van der Waals surface area (Å²) in [7, 11) is 1.68. The molecule has 1 aliphatic rings. The number of halogens is 1. The molecule has 112 valence electrons. The quantitative estimate of drug-likeness (QED) is 0.861. The second-order valence-electron chi connectivity index (χ2n) is 5.95. The first-order valence-corrected chi connectivity index (χ1v) is 8.06. The molecule has 0 radical (unpaired) electrons. The maximum Gasteiger partial charge on any atom is 0.119 e. The smallest absolute Gasteiger partial charge is 0.119 e. The van der Waals surface area contributed by atoms with Gasteiger partial charge in [-0.1, -0.05) is 35.7 Å². The molecule has 1 aromatic carbocycles. The van der Waals surface area contributed by atoms with Crippen LogP contribution in [0.1, 0.15) is 38.2 Å². The highest BCUT2D eigenvalue weighted by Gasteiger charge is 2.33. The van der Waals surface area contributed by atoms with Crippen molar-refractivity contribution in [3.8, 4) is 5.75 Å². The predicted molar refractivity (Wildman–Crippen MR) is 85.0 cm³/mol. The Bertz CT molecular complexity index is 452. The van der Waals surface area contributed by atoms with Crippen LogP contribution in [0.25, 0.3) is 0 Å². The van der Waals surface area contributed by atoms with E-state index >= 15 is 0 Å². The van der Waals surface area contributed by atoms with Crippen LogP contribution in [0.4, 0.5) is 0 Å². The summed E-state index contributed by atoms with van der Waals surface area (Å²) < 4.78 is 6.34. The molecular weight excluding hydrogens is 318 g/mol. The molecule has 0 heterocycles. The number of hydrogen-bond acceptors (Lipinski definition) is 3. The van der Waals surface area contributed by atoms with Crippen LogP contribution in [-0.4, -0.2) is 24.4 Å². The number of benzene rings is 1. The number of nitrogens with one attached hydrogen (secondary N) is 1. The van der Waals surface area contributed by atoms with Crippen LogP contribution in [0.3, 0.4) is 0 Å². The highest BCUT2D eigenvalue weighted by Crippen LogP contribution is 2.33. The Morgan fingerprint density at radius 3 is 2.95 bits per heavy atom. The fourth-order valence-electron chi connectivity index (χ4n) is 3.12. The van der Waals surface area contributed by atoms with Gasteiger partial charge in [0, 0.05) is 16.6 Å². The van der Waals surface area contributed by atoms with Gasteiger partial charge in [0.25, 0.3) is 0 Å². The number of aliphatic hydroxyl groups is 1. The maximum atomic E-state index is 9.81. The van der Waals surface area contributed by atoms with Crippen LogP contribution in [0, 0.1) is 5.92 Å². The Hall–Kier alpha value is -0.580. The Labute approximate surface area is 129 Å². The molecule has 0 aliphatic heterocycles. The summed E-state index contributed by atoms with van der Waals surface area (Å²) in [5, 5.41) is 13.4. The van der Waals surface area contributed by atoms with Crippen molar-refractivity contribution in [1.29, 1.82) is 0 Å². The number of hydrogen-bond donors (Lipinski definition) is 2. The van der Waals surface area contributed by atoms with E-state index < -0.39 is 0 Å². The molecule has 4 heteroatoms. The molecule has 1 fully saturated rings. The molecule has 1 aliphatic carbocycles. The van der Waals surface area contributed by atoms with E-state index in [1.54, 1.807) is 7.11 Å². The molecule has 20 heavy (non-hydrogen) atoms. The average Bonchev–Trinajstić information content (AvgIpc) is 2.46. The van der Waals surface area contributed by atoms with Gasteiger partial charge in [-0.05, 0) is 42.5 Å². The molecule has 1 aromatic rings. The van der Waals surface area contributed by atoms with Crippen molar-refractivity contribution in [3.05, 3.63) is 28.2 Å². The monoisotopic (exact) mass is 341 g/mol. The van der Waals surface area contributed by atoms with Gasteiger partial charge in [0.15, 0.2) is 0 Å². The maximum absolute atomic E-state index is 9.81. The Kier molecular flexibility index (Phi) is 5.47. The second-order valence-corrected chi connectivity index (χ2v) is 6.81. The summed E-state index contributed by atoms with van der Waals surface area (Å²) in [5.41, 5.74) is 1.04. The third-order valence-corrected chi connectivity index (χ3v) is 5.07.